The first-order chi connectivity index (χ1) is 21.3. The molecular formula is C38H46Cl2N2O5. The summed E-state index contributed by atoms with van der Waals surface area (Å²) < 4.78 is 0. The van der Waals surface area contributed by atoms with Gasteiger partial charge in [0.25, 0.3) is 0 Å². The average molecular weight is 682 g/mol. The largest absolute Gasteiger partial charge is 0.412 e. The zero-order chi connectivity index (χ0) is 31.2. The molecule has 6 aromatic rings. The molecule has 252 valence electrons. The number of hydrogen-bond donors (Lipinski definition) is 6. The maximum absolute atomic E-state index is 9.33. The number of rotatable bonds is 10. The molecule has 0 heterocycles. The van der Waals surface area contributed by atoms with Gasteiger partial charge < -0.3 is 36.5 Å². The van der Waals surface area contributed by atoms with E-state index in [0.29, 0.717) is 13.1 Å². The topological polar surface area (TPSA) is 136 Å². The molecule has 0 aromatic heterocycles. The molecule has 8 N–H and O–H groups in total. The maximum atomic E-state index is 9.33. The minimum absolute atomic E-state index is 0. The Bertz CT molecular complexity index is 1740. The molecule has 0 unspecified atom stereocenters. The Kier molecular flexibility index (Phi) is 15.0. The standard InChI is InChI=1S/2C19H21NO2.2ClH.H2O/c2*1-19(12-21,13-22)20-11-14-6-7-17-9-15-4-2-3-5-16(15)10-18(17)8-14;;;/h2*2-10,20-22H,11-13H2,1H3;2*1H;1H2. The lowest BCUT2D eigenvalue weighted by Crippen LogP contribution is -2.48. The molecule has 0 aliphatic rings. The van der Waals surface area contributed by atoms with Crippen LogP contribution >= 0.6 is 24.8 Å². The van der Waals surface area contributed by atoms with Crippen LogP contribution in [0.2, 0.25) is 0 Å². The molecule has 7 nitrogen and oxygen atoms in total. The summed E-state index contributed by atoms with van der Waals surface area (Å²) in [4.78, 5) is 0. The van der Waals surface area contributed by atoms with Gasteiger partial charge in [0.15, 0.2) is 0 Å². The van der Waals surface area contributed by atoms with E-state index >= 15 is 0 Å². The number of aliphatic hydroxyl groups excluding tert-OH is 4. The minimum Gasteiger partial charge on any atom is -0.412 e. The van der Waals surface area contributed by atoms with Gasteiger partial charge in [0, 0.05) is 13.1 Å². The van der Waals surface area contributed by atoms with Crippen molar-refractivity contribution in [3.05, 3.63) is 120 Å². The normalized spacial score (nSPS) is 11.4. The third kappa shape index (κ3) is 9.84. The van der Waals surface area contributed by atoms with Gasteiger partial charge >= 0.3 is 0 Å². The molecule has 6 aromatic carbocycles. The van der Waals surface area contributed by atoms with E-state index in [1.54, 1.807) is 0 Å². The second-order valence-electron chi connectivity index (χ2n) is 12.2. The maximum Gasteiger partial charge on any atom is 0.0633 e. The van der Waals surface area contributed by atoms with Gasteiger partial charge in [-0.3, -0.25) is 0 Å². The number of aliphatic hydroxyl groups is 4. The number of fused-ring (bicyclic) bond motifs is 4. The van der Waals surface area contributed by atoms with E-state index in [0.717, 1.165) is 11.1 Å². The number of benzene rings is 6. The molecule has 0 bridgehead atoms. The van der Waals surface area contributed by atoms with Crippen LogP contribution in [0.4, 0.5) is 0 Å². The fraction of sp³-hybridized carbons (Fsp3) is 0.263. The highest BCUT2D eigenvalue weighted by Gasteiger charge is 2.22. The molecule has 0 saturated heterocycles. The Balaban J connectivity index is 0.000000307. The minimum atomic E-state index is -0.654. The van der Waals surface area contributed by atoms with Crippen LogP contribution in [0, 0.1) is 0 Å². The molecule has 0 aliphatic heterocycles. The van der Waals surface area contributed by atoms with Crippen molar-refractivity contribution in [2.45, 2.75) is 38.0 Å². The summed E-state index contributed by atoms with van der Waals surface area (Å²) in [6.07, 6.45) is 0. The molecule has 0 aliphatic carbocycles. The summed E-state index contributed by atoms with van der Waals surface area (Å²) >= 11 is 0. The fourth-order valence-electron chi connectivity index (χ4n) is 5.15. The smallest absolute Gasteiger partial charge is 0.0633 e. The van der Waals surface area contributed by atoms with Crippen molar-refractivity contribution in [2.24, 2.45) is 0 Å². The lowest BCUT2D eigenvalue weighted by Gasteiger charge is -2.26. The Hall–Kier alpha value is -3.34. The zero-order valence-electron chi connectivity index (χ0n) is 26.7. The zero-order valence-corrected chi connectivity index (χ0v) is 28.4. The van der Waals surface area contributed by atoms with Gasteiger partial charge in [0.2, 0.25) is 0 Å². The van der Waals surface area contributed by atoms with Crippen molar-refractivity contribution < 1.29 is 25.9 Å². The third-order valence-corrected chi connectivity index (χ3v) is 8.37. The summed E-state index contributed by atoms with van der Waals surface area (Å²) in [5, 5.41) is 53.5. The van der Waals surface area contributed by atoms with Crippen LogP contribution in [0.3, 0.4) is 0 Å². The second-order valence-corrected chi connectivity index (χ2v) is 12.2. The van der Waals surface area contributed by atoms with Crippen molar-refractivity contribution in [1.82, 2.24) is 10.6 Å². The van der Waals surface area contributed by atoms with E-state index in [2.05, 4.69) is 108 Å². The van der Waals surface area contributed by atoms with Gasteiger partial charge in [-0.15, -0.1) is 24.8 Å². The van der Waals surface area contributed by atoms with Crippen molar-refractivity contribution in [3.8, 4) is 0 Å². The van der Waals surface area contributed by atoms with Crippen molar-refractivity contribution in [3.63, 3.8) is 0 Å². The van der Waals surface area contributed by atoms with Crippen LogP contribution in [-0.4, -0.2) is 63.4 Å². The Labute approximate surface area is 288 Å². The quantitative estimate of drug-likeness (QED) is 0.103. The van der Waals surface area contributed by atoms with Crippen LogP contribution < -0.4 is 10.6 Å². The predicted octanol–water partition coefficient (Wildman–Crippen LogP) is 5.67. The highest BCUT2D eigenvalue weighted by atomic mass is 35.5. The van der Waals surface area contributed by atoms with Gasteiger partial charge in [-0.25, -0.2) is 0 Å². The fourth-order valence-corrected chi connectivity index (χ4v) is 5.15. The van der Waals surface area contributed by atoms with E-state index < -0.39 is 11.1 Å². The Morgan fingerprint density at radius 3 is 1.00 bits per heavy atom. The number of hydrogen-bond acceptors (Lipinski definition) is 6. The monoisotopic (exact) mass is 680 g/mol. The molecule has 0 amide bonds. The third-order valence-electron chi connectivity index (χ3n) is 8.37. The number of nitrogens with one attached hydrogen (secondary N) is 2. The Morgan fingerprint density at radius 1 is 0.426 bits per heavy atom. The molecule has 0 atom stereocenters. The van der Waals surface area contributed by atoms with Crippen LogP contribution in [0.1, 0.15) is 25.0 Å². The van der Waals surface area contributed by atoms with E-state index in [4.69, 9.17) is 0 Å². The molecule has 0 fully saturated rings. The lowest BCUT2D eigenvalue weighted by atomic mass is 10.0. The first-order valence-corrected chi connectivity index (χ1v) is 15.0. The highest BCUT2D eigenvalue weighted by molar-refractivity contribution is 5.99. The van der Waals surface area contributed by atoms with Crippen LogP contribution in [-0.2, 0) is 13.1 Å². The summed E-state index contributed by atoms with van der Waals surface area (Å²) in [5.41, 5.74) is 0.961. The second kappa shape index (κ2) is 17.7. The summed E-state index contributed by atoms with van der Waals surface area (Å²) in [5.74, 6) is 0. The van der Waals surface area contributed by atoms with E-state index in [9.17, 15) is 20.4 Å². The van der Waals surface area contributed by atoms with Gasteiger partial charge in [-0.2, -0.15) is 0 Å². The molecule has 6 rings (SSSR count). The predicted molar refractivity (Wildman–Crippen MR) is 200 cm³/mol. The first-order valence-electron chi connectivity index (χ1n) is 15.0. The summed E-state index contributed by atoms with van der Waals surface area (Å²) in [6.45, 7) is 4.46. The molecule has 9 heteroatoms. The van der Waals surface area contributed by atoms with Crippen molar-refractivity contribution >= 4 is 67.9 Å². The van der Waals surface area contributed by atoms with Crippen LogP contribution in [0.5, 0.6) is 0 Å². The molecule has 47 heavy (non-hydrogen) atoms. The van der Waals surface area contributed by atoms with Gasteiger partial charge in [0.05, 0.1) is 37.5 Å². The molecule has 0 spiro atoms. The molecule has 0 saturated carbocycles. The van der Waals surface area contributed by atoms with Gasteiger partial charge in [-0.1, -0.05) is 72.8 Å². The van der Waals surface area contributed by atoms with Crippen LogP contribution in [0.25, 0.3) is 43.1 Å². The van der Waals surface area contributed by atoms with E-state index in [1.165, 1.54) is 43.1 Å². The van der Waals surface area contributed by atoms with Crippen molar-refractivity contribution in [2.75, 3.05) is 26.4 Å². The summed E-state index contributed by atoms with van der Waals surface area (Å²) in [6, 6.07) is 38.2. The van der Waals surface area contributed by atoms with Crippen molar-refractivity contribution in [1.29, 1.82) is 0 Å². The van der Waals surface area contributed by atoms with E-state index in [-0.39, 0.29) is 56.7 Å². The average Bonchev–Trinajstić information content (AvgIpc) is 3.07. The Morgan fingerprint density at radius 2 is 0.702 bits per heavy atom. The van der Waals surface area contributed by atoms with Crippen LogP contribution in [0.15, 0.2) is 109 Å². The molecule has 0 radical (unpaired) electrons. The molecular weight excluding hydrogens is 635 g/mol. The van der Waals surface area contributed by atoms with E-state index in [1.807, 2.05) is 26.0 Å². The first kappa shape index (κ1) is 39.8. The SMILES string of the molecule is CC(CO)(CO)NCc1ccc2cc3ccccc3cc2c1.CC(CO)(CO)NCc1ccc2cc3ccccc3cc2c1.Cl.Cl.O. The highest BCUT2D eigenvalue weighted by Crippen LogP contribution is 2.25. The van der Waals surface area contributed by atoms with Gasteiger partial charge in [-0.05, 0) is 104 Å². The summed E-state index contributed by atoms with van der Waals surface area (Å²) in [7, 11) is 0. The van der Waals surface area contributed by atoms with Gasteiger partial charge in [0.1, 0.15) is 0 Å². The number of halogens is 2. The lowest BCUT2D eigenvalue weighted by molar-refractivity contribution is 0.103.